The maximum absolute atomic E-state index is 6.18. The molecule has 0 bridgehead atoms. The lowest BCUT2D eigenvalue weighted by atomic mass is 9.99. The van der Waals surface area contributed by atoms with E-state index in [0.29, 0.717) is 17.1 Å². The number of aromatic nitrogens is 4. The van der Waals surface area contributed by atoms with Crippen LogP contribution in [0.2, 0.25) is 0 Å². The number of hydrogen-bond donors (Lipinski definition) is 0. The largest absolute Gasteiger partial charge is 0.497 e. The van der Waals surface area contributed by atoms with Gasteiger partial charge in [-0.3, -0.25) is 0 Å². The molecule has 0 saturated carbocycles. The van der Waals surface area contributed by atoms with Crippen molar-refractivity contribution < 1.29 is 13.9 Å². The molecule has 0 unspecified atom stereocenters. The van der Waals surface area contributed by atoms with Crippen LogP contribution in [0.3, 0.4) is 0 Å². The van der Waals surface area contributed by atoms with Crippen LogP contribution in [0.5, 0.6) is 11.5 Å². The highest BCUT2D eigenvalue weighted by Gasteiger charge is 2.22. The van der Waals surface area contributed by atoms with E-state index in [0.717, 1.165) is 33.6 Å². The van der Waals surface area contributed by atoms with E-state index in [-0.39, 0.29) is 0 Å². The fourth-order valence-electron chi connectivity index (χ4n) is 3.32. The Morgan fingerprint density at radius 3 is 2.11 bits per heavy atom. The van der Waals surface area contributed by atoms with Crippen LogP contribution < -0.4 is 9.47 Å². The molecule has 2 aromatic carbocycles. The van der Waals surface area contributed by atoms with Crippen LogP contribution in [0, 0.1) is 0 Å². The summed E-state index contributed by atoms with van der Waals surface area (Å²) in [7, 11) is 3.29. The van der Waals surface area contributed by atoms with Crippen molar-refractivity contribution in [3.05, 3.63) is 61.2 Å². The first-order valence-corrected chi connectivity index (χ1v) is 8.68. The Labute approximate surface area is 160 Å². The number of fused-ring (bicyclic) bond motifs is 3. The molecule has 0 saturated heterocycles. The quantitative estimate of drug-likeness (QED) is 0.470. The first-order chi connectivity index (χ1) is 13.8. The van der Waals surface area contributed by atoms with Crippen molar-refractivity contribution in [2.24, 2.45) is 0 Å². The first kappa shape index (κ1) is 16.3. The summed E-state index contributed by atoms with van der Waals surface area (Å²) in [6.07, 6.45) is 3.11. The minimum atomic E-state index is 0.511. The second-order valence-electron chi connectivity index (χ2n) is 6.22. The van der Waals surface area contributed by atoms with E-state index < -0.39 is 0 Å². The molecule has 0 atom stereocenters. The predicted octanol–water partition coefficient (Wildman–Crippen LogP) is 4.22. The SMILES string of the molecule is COc1ccc(-c2oc3ncn4ncnc4c3c2-c2ccc(OC)cc2)cc1. The van der Waals surface area contributed by atoms with E-state index in [1.54, 1.807) is 25.1 Å². The topological polar surface area (TPSA) is 74.7 Å². The lowest BCUT2D eigenvalue weighted by molar-refractivity contribution is 0.414. The second kappa shape index (κ2) is 6.38. The lowest BCUT2D eigenvalue weighted by Gasteiger charge is -2.06. The summed E-state index contributed by atoms with van der Waals surface area (Å²) in [6, 6.07) is 15.6. The molecule has 28 heavy (non-hydrogen) atoms. The van der Waals surface area contributed by atoms with Gasteiger partial charge < -0.3 is 13.9 Å². The maximum atomic E-state index is 6.18. The van der Waals surface area contributed by atoms with Crippen molar-refractivity contribution in [2.75, 3.05) is 14.2 Å². The number of ether oxygens (including phenoxy) is 2. The summed E-state index contributed by atoms with van der Waals surface area (Å²) in [5, 5.41) is 5.02. The number of furan rings is 1. The van der Waals surface area contributed by atoms with Gasteiger partial charge in [0.15, 0.2) is 5.65 Å². The summed E-state index contributed by atoms with van der Waals surface area (Å²) >= 11 is 0. The molecule has 138 valence electrons. The molecule has 5 rings (SSSR count). The second-order valence-corrected chi connectivity index (χ2v) is 6.22. The highest BCUT2D eigenvalue weighted by Crippen LogP contribution is 2.42. The Bertz CT molecular complexity index is 1270. The molecule has 0 aliphatic rings. The number of nitrogens with zero attached hydrogens (tertiary/aromatic N) is 4. The standard InChI is InChI=1S/C21H16N4O3/c1-26-15-7-3-13(4-8-15)17-18-20-22-11-24-25(20)12-23-21(18)28-19(17)14-5-9-16(27-2)10-6-14/h3-12H,1-2H3. The molecular weight excluding hydrogens is 356 g/mol. The van der Waals surface area contributed by atoms with Gasteiger partial charge in [-0.2, -0.15) is 5.10 Å². The molecule has 0 amide bonds. The molecular formula is C21H16N4O3. The summed E-state index contributed by atoms with van der Waals surface area (Å²) in [5.74, 6) is 2.28. The van der Waals surface area contributed by atoms with Crippen LogP contribution in [0.1, 0.15) is 0 Å². The third kappa shape index (κ3) is 2.48. The zero-order valence-electron chi connectivity index (χ0n) is 15.3. The number of benzene rings is 2. The smallest absolute Gasteiger partial charge is 0.232 e. The average molecular weight is 372 g/mol. The van der Waals surface area contributed by atoms with Crippen LogP contribution in [0.25, 0.3) is 39.2 Å². The van der Waals surface area contributed by atoms with Crippen molar-refractivity contribution in [1.82, 2.24) is 19.6 Å². The normalized spacial score (nSPS) is 11.2. The van der Waals surface area contributed by atoms with E-state index in [4.69, 9.17) is 13.9 Å². The van der Waals surface area contributed by atoms with Crippen molar-refractivity contribution in [3.8, 4) is 33.9 Å². The Morgan fingerprint density at radius 1 is 0.821 bits per heavy atom. The predicted molar refractivity (Wildman–Crippen MR) is 105 cm³/mol. The monoisotopic (exact) mass is 372 g/mol. The summed E-state index contributed by atoms with van der Waals surface area (Å²) in [4.78, 5) is 8.83. The fraction of sp³-hybridized carbons (Fsp3) is 0.0952. The van der Waals surface area contributed by atoms with Gasteiger partial charge in [0.2, 0.25) is 5.71 Å². The van der Waals surface area contributed by atoms with Gasteiger partial charge in [0.1, 0.15) is 29.9 Å². The van der Waals surface area contributed by atoms with Gasteiger partial charge in [-0.1, -0.05) is 12.1 Å². The van der Waals surface area contributed by atoms with Crippen molar-refractivity contribution in [3.63, 3.8) is 0 Å². The number of methoxy groups -OCH3 is 2. The molecule has 3 heterocycles. The highest BCUT2D eigenvalue weighted by atomic mass is 16.5. The summed E-state index contributed by atoms with van der Waals surface area (Å²) in [5.41, 5.74) is 4.01. The van der Waals surface area contributed by atoms with Crippen LogP contribution in [-0.4, -0.2) is 33.8 Å². The van der Waals surface area contributed by atoms with Gasteiger partial charge in [-0.25, -0.2) is 14.5 Å². The minimum Gasteiger partial charge on any atom is -0.497 e. The van der Waals surface area contributed by atoms with Crippen molar-refractivity contribution in [1.29, 1.82) is 0 Å². The Hall–Kier alpha value is -3.87. The molecule has 0 spiro atoms. The van der Waals surface area contributed by atoms with Gasteiger partial charge in [0.05, 0.1) is 19.6 Å². The molecule has 0 N–H and O–H groups in total. The molecule has 5 aromatic rings. The zero-order chi connectivity index (χ0) is 19.1. The summed E-state index contributed by atoms with van der Waals surface area (Å²) in [6.45, 7) is 0. The van der Waals surface area contributed by atoms with Crippen molar-refractivity contribution in [2.45, 2.75) is 0 Å². The van der Waals surface area contributed by atoms with Gasteiger partial charge in [0, 0.05) is 11.1 Å². The minimum absolute atomic E-state index is 0.511. The number of rotatable bonds is 4. The van der Waals surface area contributed by atoms with E-state index in [9.17, 15) is 0 Å². The van der Waals surface area contributed by atoms with E-state index in [2.05, 4.69) is 15.1 Å². The third-order valence-electron chi connectivity index (χ3n) is 4.70. The molecule has 3 aromatic heterocycles. The highest BCUT2D eigenvalue weighted by molar-refractivity contribution is 6.07. The first-order valence-electron chi connectivity index (χ1n) is 8.68. The van der Waals surface area contributed by atoms with Crippen LogP contribution in [0.4, 0.5) is 0 Å². The van der Waals surface area contributed by atoms with Crippen LogP contribution in [-0.2, 0) is 0 Å². The maximum Gasteiger partial charge on any atom is 0.232 e. The number of hydrogen-bond acceptors (Lipinski definition) is 6. The van der Waals surface area contributed by atoms with Gasteiger partial charge in [-0.05, 0) is 42.0 Å². The molecule has 0 aliphatic carbocycles. The summed E-state index contributed by atoms with van der Waals surface area (Å²) < 4.78 is 18.4. The molecule has 0 fully saturated rings. The Balaban J connectivity index is 1.83. The molecule has 7 nitrogen and oxygen atoms in total. The van der Waals surface area contributed by atoms with Gasteiger partial charge in [0.25, 0.3) is 0 Å². The van der Waals surface area contributed by atoms with Gasteiger partial charge in [-0.15, -0.1) is 0 Å². The molecule has 0 radical (unpaired) electrons. The average Bonchev–Trinajstić information content (AvgIpc) is 3.38. The van der Waals surface area contributed by atoms with E-state index >= 15 is 0 Å². The zero-order valence-corrected chi connectivity index (χ0v) is 15.3. The van der Waals surface area contributed by atoms with E-state index in [1.165, 1.54) is 6.33 Å². The van der Waals surface area contributed by atoms with Gasteiger partial charge >= 0.3 is 0 Å². The fourth-order valence-corrected chi connectivity index (χ4v) is 3.32. The van der Waals surface area contributed by atoms with Crippen molar-refractivity contribution >= 4 is 16.7 Å². The Morgan fingerprint density at radius 2 is 1.46 bits per heavy atom. The Kier molecular flexibility index (Phi) is 3.72. The van der Waals surface area contributed by atoms with Crippen LogP contribution >= 0.6 is 0 Å². The van der Waals surface area contributed by atoms with Crippen LogP contribution in [0.15, 0.2) is 65.6 Å². The lowest BCUT2D eigenvalue weighted by Crippen LogP contribution is -1.90. The molecule has 7 heteroatoms. The molecule has 0 aliphatic heterocycles. The van der Waals surface area contributed by atoms with E-state index in [1.807, 2.05) is 48.5 Å². The third-order valence-corrected chi connectivity index (χ3v) is 4.70.